The maximum Gasteiger partial charge on any atom is 0.509 e. The number of esters is 2. The summed E-state index contributed by atoms with van der Waals surface area (Å²) in [6.07, 6.45) is -5.04. The first-order valence-electron chi connectivity index (χ1n) is 7.65. The molecule has 0 spiro atoms. The lowest BCUT2D eigenvalue weighted by atomic mass is 10.2. The van der Waals surface area contributed by atoms with E-state index < -0.39 is 53.9 Å². The molecule has 0 heterocycles. The fourth-order valence-corrected chi connectivity index (χ4v) is 1.40. The van der Waals surface area contributed by atoms with Gasteiger partial charge in [-0.05, 0) is 48.5 Å². The highest BCUT2D eigenvalue weighted by molar-refractivity contribution is 5.84. The highest BCUT2D eigenvalue weighted by Crippen LogP contribution is 2.13. The van der Waals surface area contributed by atoms with Crippen LogP contribution in [0.25, 0.3) is 0 Å². The Kier molecular flexibility index (Phi) is 7.88. The van der Waals surface area contributed by atoms with Crippen molar-refractivity contribution in [2.75, 3.05) is 0 Å². The molecule has 0 aromatic carbocycles. The average molecular weight is 362 g/mol. The molecule has 1 N–H and O–H groups in total. The van der Waals surface area contributed by atoms with Crippen molar-refractivity contribution < 1.29 is 43.2 Å². The van der Waals surface area contributed by atoms with E-state index in [4.69, 9.17) is 19.3 Å². The Bertz CT molecular complexity index is 511. The minimum Gasteiger partial charge on any atom is -0.478 e. The van der Waals surface area contributed by atoms with Crippen LogP contribution in [-0.4, -0.2) is 52.6 Å². The zero-order chi connectivity index (χ0) is 20.0. The Labute approximate surface area is 146 Å². The monoisotopic (exact) mass is 362 g/mol. The summed E-state index contributed by atoms with van der Waals surface area (Å²) in [5.41, 5.74) is -1.65. The van der Waals surface area contributed by atoms with Crippen LogP contribution in [0.1, 0.15) is 54.9 Å². The average Bonchev–Trinajstić information content (AvgIpc) is 2.32. The molecule has 0 aliphatic rings. The van der Waals surface area contributed by atoms with Gasteiger partial charge in [-0.1, -0.05) is 0 Å². The fraction of sp³-hybridized carbons (Fsp3) is 0.750. The van der Waals surface area contributed by atoms with E-state index in [9.17, 15) is 19.2 Å². The third-order valence-corrected chi connectivity index (χ3v) is 2.30. The van der Waals surface area contributed by atoms with Crippen LogP contribution in [0.4, 0.5) is 4.79 Å². The van der Waals surface area contributed by atoms with Crippen LogP contribution >= 0.6 is 0 Å². The van der Waals surface area contributed by atoms with Crippen molar-refractivity contribution in [2.24, 2.45) is 0 Å². The predicted octanol–water partition coefficient (Wildman–Crippen LogP) is 2.05. The number of hydrogen-bond acceptors (Lipinski definition) is 8. The van der Waals surface area contributed by atoms with Crippen LogP contribution in [0.15, 0.2) is 0 Å². The summed E-state index contributed by atoms with van der Waals surface area (Å²) < 4.78 is 19.3. The molecule has 0 aliphatic carbocycles. The second-order valence-corrected chi connectivity index (χ2v) is 7.28. The van der Waals surface area contributed by atoms with E-state index in [-0.39, 0.29) is 0 Å². The van der Waals surface area contributed by atoms with Gasteiger partial charge in [0.05, 0.1) is 6.42 Å². The molecule has 0 aromatic rings. The van der Waals surface area contributed by atoms with Gasteiger partial charge in [0, 0.05) is 0 Å². The smallest absolute Gasteiger partial charge is 0.478 e. The van der Waals surface area contributed by atoms with E-state index in [2.05, 4.69) is 4.74 Å². The molecule has 144 valence electrons. The van der Waals surface area contributed by atoms with E-state index in [1.54, 1.807) is 41.5 Å². The molecule has 2 atom stereocenters. The highest BCUT2D eigenvalue weighted by Gasteiger charge is 2.31. The van der Waals surface area contributed by atoms with E-state index in [0.29, 0.717) is 0 Å². The molecule has 0 fully saturated rings. The van der Waals surface area contributed by atoms with Crippen LogP contribution in [0.3, 0.4) is 0 Å². The number of carbonyl (C=O) groups excluding carboxylic acids is 3. The third kappa shape index (κ3) is 11.0. The second-order valence-electron chi connectivity index (χ2n) is 7.28. The number of carboxylic acids is 1. The first-order valence-corrected chi connectivity index (χ1v) is 7.65. The summed E-state index contributed by atoms with van der Waals surface area (Å²) in [6.45, 7) is 10.9. The molecule has 0 radical (unpaired) electrons. The number of rotatable bonds is 6. The third-order valence-electron chi connectivity index (χ3n) is 2.30. The Morgan fingerprint density at radius 1 is 0.880 bits per heavy atom. The van der Waals surface area contributed by atoms with Gasteiger partial charge >= 0.3 is 24.1 Å². The van der Waals surface area contributed by atoms with Crippen molar-refractivity contribution in [2.45, 2.75) is 78.3 Å². The summed E-state index contributed by atoms with van der Waals surface area (Å²) in [4.78, 5) is 46.1. The molecule has 0 bridgehead atoms. The molecule has 0 saturated carbocycles. The van der Waals surface area contributed by atoms with Crippen LogP contribution in [0.5, 0.6) is 0 Å². The number of hydrogen-bond donors (Lipinski definition) is 1. The minimum absolute atomic E-state index is 0.763. The van der Waals surface area contributed by atoms with Gasteiger partial charge in [-0.2, -0.15) is 0 Å². The zero-order valence-corrected chi connectivity index (χ0v) is 15.6. The maximum atomic E-state index is 11.8. The summed E-state index contributed by atoms with van der Waals surface area (Å²) in [6, 6.07) is 0. The first-order chi connectivity index (χ1) is 11.1. The van der Waals surface area contributed by atoms with Crippen molar-refractivity contribution in [3.8, 4) is 0 Å². The van der Waals surface area contributed by atoms with Crippen molar-refractivity contribution in [1.29, 1.82) is 0 Å². The fourth-order valence-electron chi connectivity index (χ4n) is 1.40. The molecule has 9 heteroatoms. The van der Waals surface area contributed by atoms with Crippen molar-refractivity contribution in [3.05, 3.63) is 0 Å². The van der Waals surface area contributed by atoms with Crippen molar-refractivity contribution in [3.63, 3.8) is 0 Å². The van der Waals surface area contributed by atoms with Crippen LogP contribution in [0, 0.1) is 0 Å². The zero-order valence-electron chi connectivity index (χ0n) is 15.6. The molecule has 9 nitrogen and oxygen atoms in total. The number of carboxylic acid groups (broad SMARTS) is 1. The van der Waals surface area contributed by atoms with E-state index in [1.807, 2.05) is 0 Å². The molecular weight excluding hydrogens is 336 g/mol. The lowest BCUT2D eigenvalue weighted by Gasteiger charge is -2.23. The summed E-state index contributed by atoms with van der Waals surface area (Å²) in [5, 5.41) is 9.03. The molecule has 25 heavy (non-hydrogen) atoms. The summed E-state index contributed by atoms with van der Waals surface area (Å²) in [7, 11) is 0. The van der Waals surface area contributed by atoms with Gasteiger partial charge in [0.1, 0.15) is 11.2 Å². The van der Waals surface area contributed by atoms with Crippen molar-refractivity contribution >= 4 is 24.1 Å². The van der Waals surface area contributed by atoms with Gasteiger partial charge in [0.25, 0.3) is 0 Å². The Morgan fingerprint density at radius 2 is 1.36 bits per heavy atom. The van der Waals surface area contributed by atoms with Crippen LogP contribution in [0.2, 0.25) is 0 Å². The van der Waals surface area contributed by atoms with E-state index >= 15 is 0 Å². The number of carbonyl (C=O) groups is 4. The van der Waals surface area contributed by atoms with Gasteiger partial charge in [-0.15, -0.1) is 0 Å². The lowest BCUT2D eigenvalue weighted by molar-refractivity contribution is -0.176. The van der Waals surface area contributed by atoms with Gasteiger partial charge in [0.15, 0.2) is 6.10 Å². The predicted molar refractivity (Wildman–Crippen MR) is 84.8 cm³/mol. The standard InChI is InChI=1S/C16H26O9/c1-9(13(20)24-15(2,3)4)22-11(17)8-10(12(18)19)23-14(21)25-16(5,6)7/h9-10H,8H2,1-7H3,(H,18,19)/t9-,10-/m0/s1. The Morgan fingerprint density at radius 3 is 1.76 bits per heavy atom. The Balaban J connectivity index is 4.67. The lowest BCUT2D eigenvalue weighted by Crippen LogP contribution is -2.36. The summed E-state index contributed by atoms with van der Waals surface area (Å²) in [5.74, 6) is -3.36. The molecule has 0 unspecified atom stereocenters. The quantitative estimate of drug-likeness (QED) is 0.558. The molecule has 0 amide bonds. The van der Waals surface area contributed by atoms with E-state index in [1.165, 1.54) is 6.92 Å². The van der Waals surface area contributed by atoms with Gasteiger partial charge in [-0.25, -0.2) is 14.4 Å². The molecular formula is C16H26O9. The van der Waals surface area contributed by atoms with Crippen molar-refractivity contribution in [1.82, 2.24) is 0 Å². The topological polar surface area (TPSA) is 125 Å². The normalized spacial score (nSPS) is 14.0. The highest BCUT2D eigenvalue weighted by atomic mass is 16.7. The molecule has 0 aliphatic heterocycles. The SMILES string of the molecule is C[C@H](OC(=O)C[C@H](OC(=O)OC(C)(C)C)C(=O)O)C(=O)OC(C)(C)C. The second kappa shape index (κ2) is 8.68. The van der Waals surface area contributed by atoms with Gasteiger partial charge in [-0.3, -0.25) is 4.79 Å². The maximum absolute atomic E-state index is 11.8. The van der Waals surface area contributed by atoms with Crippen LogP contribution < -0.4 is 0 Å². The first kappa shape index (κ1) is 22.7. The summed E-state index contributed by atoms with van der Waals surface area (Å²) >= 11 is 0. The molecule has 0 saturated heterocycles. The number of aliphatic carboxylic acids is 1. The van der Waals surface area contributed by atoms with Gasteiger partial charge < -0.3 is 24.1 Å². The largest absolute Gasteiger partial charge is 0.509 e. The van der Waals surface area contributed by atoms with E-state index in [0.717, 1.165) is 0 Å². The molecule has 0 aromatic heterocycles. The number of ether oxygens (including phenoxy) is 4. The molecule has 0 rings (SSSR count). The van der Waals surface area contributed by atoms with Gasteiger partial charge in [0.2, 0.25) is 6.10 Å². The minimum atomic E-state index is -1.80. The van der Waals surface area contributed by atoms with Crippen LogP contribution in [-0.2, 0) is 33.3 Å². The Hall–Kier alpha value is -2.32.